The van der Waals surface area contributed by atoms with Crippen molar-refractivity contribution >= 4 is 16.8 Å². The topological polar surface area (TPSA) is 54.4 Å². The van der Waals surface area contributed by atoms with Gasteiger partial charge >= 0.3 is 5.97 Å². The number of aliphatic carboxylic acids is 1. The summed E-state index contributed by atoms with van der Waals surface area (Å²) in [5.74, 6) is -2.98. The lowest BCUT2D eigenvalue weighted by atomic mass is 10.2. The van der Waals surface area contributed by atoms with Crippen molar-refractivity contribution < 1.29 is 22.9 Å². The van der Waals surface area contributed by atoms with Gasteiger partial charge in [-0.2, -0.15) is 0 Å². The van der Waals surface area contributed by atoms with Gasteiger partial charge in [-0.3, -0.25) is 9.00 Å². The van der Waals surface area contributed by atoms with Crippen molar-refractivity contribution in [2.45, 2.75) is 17.9 Å². The molecule has 1 N–H and O–H groups in total. The van der Waals surface area contributed by atoms with Crippen LogP contribution in [0.2, 0.25) is 0 Å². The molecule has 1 aromatic carbocycles. The van der Waals surface area contributed by atoms with E-state index in [1.807, 2.05) is 0 Å². The molecule has 0 radical (unpaired) electrons. The van der Waals surface area contributed by atoms with Crippen LogP contribution in [0.25, 0.3) is 0 Å². The maximum atomic E-state index is 13.2. The molecule has 1 aromatic rings. The average molecular weight is 248 g/mol. The second-order valence-corrected chi connectivity index (χ2v) is 5.00. The van der Waals surface area contributed by atoms with E-state index < -0.39 is 33.7 Å². The minimum absolute atomic E-state index is 0.0489. The third-order valence-electron chi connectivity index (χ3n) is 2.05. The molecule has 0 saturated carbocycles. The first-order valence-electron chi connectivity index (χ1n) is 4.45. The van der Waals surface area contributed by atoms with E-state index in [1.54, 1.807) is 0 Å². The van der Waals surface area contributed by atoms with E-state index in [2.05, 4.69) is 0 Å². The zero-order chi connectivity index (χ0) is 12.3. The van der Waals surface area contributed by atoms with Crippen molar-refractivity contribution in [3.05, 3.63) is 35.4 Å². The summed E-state index contributed by atoms with van der Waals surface area (Å²) in [5.41, 5.74) is 0.0489. The van der Waals surface area contributed by atoms with Crippen molar-refractivity contribution in [1.82, 2.24) is 0 Å². The van der Waals surface area contributed by atoms with Gasteiger partial charge in [0.1, 0.15) is 16.9 Å². The van der Waals surface area contributed by atoms with Crippen LogP contribution in [-0.4, -0.2) is 20.5 Å². The second kappa shape index (κ2) is 5.16. The Morgan fingerprint density at radius 2 is 2.12 bits per heavy atom. The highest BCUT2D eigenvalue weighted by Gasteiger charge is 2.20. The summed E-state index contributed by atoms with van der Waals surface area (Å²) in [4.78, 5) is 10.5. The fourth-order valence-corrected chi connectivity index (χ4v) is 2.04. The van der Waals surface area contributed by atoms with Crippen LogP contribution in [0.5, 0.6) is 0 Å². The fraction of sp³-hybridized carbons (Fsp3) is 0.300. The average Bonchev–Trinajstić information content (AvgIpc) is 2.20. The number of benzene rings is 1. The third kappa shape index (κ3) is 3.10. The molecule has 0 bridgehead atoms. The predicted molar refractivity (Wildman–Crippen MR) is 55.3 cm³/mol. The van der Waals surface area contributed by atoms with Gasteiger partial charge in [-0.05, 0) is 13.0 Å². The molecular formula is C10H10F2O3S. The number of carbonyl (C=O) groups is 1. The maximum absolute atomic E-state index is 13.2. The molecule has 0 aliphatic heterocycles. The summed E-state index contributed by atoms with van der Waals surface area (Å²) in [7, 11) is -1.72. The minimum Gasteiger partial charge on any atom is -0.480 e. The summed E-state index contributed by atoms with van der Waals surface area (Å²) in [6.07, 6.45) is 0. The lowest BCUT2D eigenvalue weighted by molar-refractivity contribution is -0.136. The Hall–Kier alpha value is -1.30. The zero-order valence-corrected chi connectivity index (χ0v) is 9.26. The fourth-order valence-electron chi connectivity index (χ4n) is 1.03. The van der Waals surface area contributed by atoms with Crippen LogP contribution in [0.4, 0.5) is 8.78 Å². The van der Waals surface area contributed by atoms with E-state index in [1.165, 1.54) is 6.92 Å². The number of hydrogen-bond donors (Lipinski definition) is 1. The quantitative estimate of drug-likeness (QED) is 0.882. The molecule has 6 heteroatoms. The molecule has 16 heavy (non-hydrogen) atoms. The Labute approximate surface area is 93.6 Å². The molecule has 0 aromatic heterocycles. The number of rotatable bonds is 4. The van der Waals surface area contributed by atoms with Crippen molar-refractivity contribution in [3.63, 3.8) is 0 Å². The van der Waals surface area contributed by atoms with Gasteiger partial charge in [-0.1, -0.05) is 6.07 Å². The van der Waals surface area contributed by atoms with Crippen LogP contribution in [0.1, 0.15) is 12.5 Å². The molecule has 2 unspecified atom stereocenters. The molecule has 2 atom stereocenters. The van der Waals surface area contributed by atoms with E-state index in [4.69, 9.17) is 5.11 Å². The Bertz CT molecular complexity index is 434. The van der Waals surface area contributed by atoms with Crippen LogP contribution >= 0.6 is 0 Å². The van der Waals surface area contributed by atoms with E-state index in [-0.39, 0.29) is 11.3 Å². The number of carboxylic acids is 1. The van der Waals surface area contributed by atoms with Gasteiger partial charge in [0.05, 0.1) is 5.75 Å². The maximum Gasteiger partial charge on any atom is 0.318 e. The van der Waals surface area contributed by atoms with Crippen LogP contribution in [0.15, 0.2) is 18.2 Å². The van der Waals surface area contributed by atoms with Crippen LogP contribution in [-0.2, 0) is 21.3 Å². The van der Waals surface area contributed by atoms with Crippen molar-refractivity contribution in [1.29, 1.82) is 0 Å². The van der Waals surface area contributed by atoms with E-state index in [0.717, 1.165) is 12.1 Å². The van der Waals surface area contributed by atoms with E-state index in [0.29, 0.717) is 6.07 Å². The summed E-state index contributed by atoms with van der Waals surface area (Å²) < 4.78 is 37.2. The van der Waals surface area contributed by atoms with Gasteiger partial charge in [-0.25, -0.2) is 8.78 Å². The van der Waals surface area contributed by atoms with Crippen LogP contribution < -0.4 is 0 Å². The molecule has 0 spiro atoms. The number of hydrogen-bond acceptors (Lipinski definition) is 2. The lowest BCUT2D eigenvalue weighted by Crippen LogP contribution is -2.23. The molecule has 1 rings (SSSR count). The first-order valence-corrected chi connectivity index (χ1v) is 5.84. The predicted octanol–water partition coefficient (Wildman–Crippen LogP) is 1.69. The highest BCUT2D eigenvalue weighted by Crippen LogP contribution is 2.13. The molecule has 0 amide bonds. The Morgan fingerprint density at radius 3 is 2.62 bits per heavy atom. The number of carboxylic acid groups (broad SMARTS) is 1. The van der Waals surface area contributed by atoms with E-state index >= 15 is 0 Å². The minimum atomic E-state index is -1.72. The monoisotopic (exact) mass is 248 g/mol. The first kappa shape index (κ1) is 12.8. The van der Waals surface area contributed by atoms with Crippen LogP contribution in [0, 0.1) is 11.6 Å². The molecule has 0 heterocycles. The smallest absolute Gasteiger partial charge is 0.318 e. The van der Waals surface area contributed by atoms with Crippen molar-refractivity contribution in [2.24, 2.45) is 0 Å². The standard InChI is InChI=1S/C10H10F2O3S/c1-6(10(13)14)16(15)5-7-2-3-8(11)4-9(7)12/h2-4,6H,5H2,1H3,(H,13,14). The van der Waals surface area contributed by atoms with Crippen molar-refractivity contribution in [2.75, 3.05) is 0 Å². The molecule has 0 aliphatic rings. The van der Waals surface area contributed by atoms with Gasteiger partial charge in [-0.15, -0.1) is 0 Å². The van der Waals surface area contributed by atoms with Gasteiger partial charge in [0, 0.05) is 22.4 Å². The Kier molecular flexibility index (Phi) is 4.12. The molecule has 0 fully saturated rings. The van der Waals surface area contributed by atoms with Gasteiger partial charge in [0.2, 0.25) is 0 Å². The Morgan fingerprint density at radius 1 is 1.50 bits per heavy atom. The Balaban J connectivity index is 2.81. The van der Waals surface area contributed by atoms with E-state index in [9.17, 15) is 17.8 Å². The first-order chi connectivity index (χ1) is 7.41. The van der Waals surface area contributed by atoms with Crippen molar-refractivity contribution in [3.8, 4) is 0 Å². The third-order valence-corrected chi connectivity index (χ3v) is 3.64. The summed E-state index contributed by atoms with van der Waals surface area (Å²) in [6, 6.07) is 2.89. The number of halogens is 2. The highest BCUT2D eigenvalue weighted by molar-refractivity contribution is 7.85. The SMILES string of the molecule is CC(C(=O)O)S(=O)Cc1ccc(F)cc1F. The lowest BCUT2D eigenvalue weighted by Gasteiger charge is -2.07. The zero-order valence-electron chi connectivity index (χ0n) is 8.44. The van der Waals surface area contributed by atoms with Crippen LogP contribution in [0.3, 0.4) is 0 Å². The summed E-state index contributed by atoms with van der Waals surface area (Å²) in [6.45, 7) is 1.28. The summed E-state index contributed by atoms with van der Waals surface area (Å²) >= 11 is 0. The second-order valence-electron chi connectivity index (χ2n) is 3.24. The summed E-state index contributed by atoms with van der Waals surface area (Å²) in [5, 5.41) is 7.52. The molecule has 3 nitrogen and oxygen atoms in total. The largest absolute Gasteiger partial charge is 0.480 e. The van der Waals surface area contributed by atoms with Gasteiger partial charge in [0.25, 0.3) is 0 Å². The molecule has 88 valence electrons. The molecular weight excluding hydrogens is 238 g/mol. The highest BCUT2D eigenvalue weighted by atomic mass is 32.2. The normalized spacial score (nSPS) is 14.4. The van der Waals surface area contributed by atoms with Gasteiger partial charge in [0.15, 0.2) is 0 Å². The molecule has 0 saturated heterocycles. The molecule has 0 aliphatic carbocycles. The van der Waals surface area contributed by atoms with Gasteiger partial charge < -0.3 is 5.11 Å².